The molecule has 3 saturated carbocycles. The van der Waals surface area contributed by atoms with Crippen molar-refractivity contribution in [2.75, 3.05) is 6.61 Å². The number of carbonyl (C=O) groups excluding carboxylic acids is 2. The van der Waals surface area contributed by atoms with Crippen molar-refractivity contribution in [2.45, 2.75) is 70.8 Å². The van der Waals surface area contributed by atoms with Gasteiger partial charge in [0.1, 0.15) is 12.2 Å². The van der Waals surface area contributed by atoms with E-state index in [1.54, 1.807) is 0 Å². The van der Waals surface area contributed by atoms with E-state index in [1.807, 2.05) is 13.0 Å². The summed E-state index contributed by atoms with van der Waals surface area (Å²) in [6, 6.07) is 0. The van der Waals surface area contributed by atoms with Gasteiger partial charge in [-0.2, -0.15) is 0 Å². The van der Waals surface area contributed by atoms with Gasteiger partial charge in [-0.15, -0.1) is 0 Å². The second-order valence-corrected chi connectivity index (χ2v) is 11.3. The van der Waals surface area contributed by atoms with Gasteiger partial charge in [0, 0.05) is 11.8 Å². The maximum absolute atomic E-state index is 12.8. The standard InChI is InChI=1S/C21H31O7P/c1-19-8-5-14(22)11-13(19)3-4-15-16(19)6-9-20(2)17(15)7-10-21(20,24)18(23)12-28-29(25,26)27/h11,15-17,24H,3-10,12H2,1-2H3,(H2,25,26,27)/t15-,16+,17-,19+,20-,21+/m0/s1. The zero-order valence-electron chi connectivity index (χ0n) is 17.1. The maximum Gasteiger partial charge on any atom is 0.470 e. The monoisotopic (exact) mass is 426 g/mol. The zero-order chi connectivity index (χ0) is 21.2. The fourth-order valence-electron chi connectivity index (χ4n) is 7.30. The Hall–Kier alpha value is -0.850. The first-order valence-corrected chi connectivity index (χ1v) is 12.1. The molecule has 0 amide bonds. The third kappa shape index (κ3) is 3.21. The molecule has 3 N–H and O–H groups in total. The summed E-state index contributed by atoms with van der Waals surface area (Å²) in [7, 11) is -4.77. The van der Waals surface area contributed by atoms with Crippen LogP contribution in [-0.4, -0.2) is 38.7 Å². The Morgan fingerprint density at radius 1 is 1.14 bits per heavy atom. The zero-order valence-corrected chi connectivity index (χ0v) is 18.0. The molecule has 4 aliphatic carbocycles. The minimum absolute atomic E-state index is 0.0202. The van der Waals surface area contributed by atoms with Crippen LogP contribution in [0.1, 0.15) is 65.2 Å². The lowest BCUT2D eigenvalue weighted by Gasteiger charge is -2.58. The van der Waals surface area contributed by atoms with Crippen LogP contribution in [0.25, 0.3) is 0 Å². The summed E-state index contributed by atoms with van der Waals surface area (Å²) in [4.78, 5) is 42.6. The highest BCUT2D eigenvalue weighted by atomic mass is 31.2. The predicted octanol–water partition coefficient (Wildman–Crippen LogP) is 2.93. The fraction of sp³-hybridized carbons (Fsp3) is 0.810. The molecule has 162 valence electrons. The first-order chi connectivity index (χ1) is 13.4. The van der Waals surface area contributed by atoms with E-state index in [9.17, 15) is 19.3 Å². The lowest BCUT2D eigenvalue weighted by atomic mass is 9.46. The van der Waals surface area contributed by atoms with Gasteiger partial charge in [0.05, 0.1) is 0 Å². The SMILES string of the molecule is C[C@]12CC[C@@H]3[C@H](CCC4=CC(=O)CC[C@]43C)[C@@H]1CC[C@@]2(O)C(=O)COP(=O)(O)O. The van der Waals surface area contributed by atoms with Gasteiger partial charge in [0.2, 0.25) is 0 Å². The molecule has 0 saturated heterocycles. The van der Waals surface area contributed by atoms with Gasteiger partial charge < -0.3 is 14.9 Å². The number of carbonyl (C=O) groups is 2. The van der Waals surface area contributed by atoms with Crippen LogP contribution in [0.15, 0.2) is 11.6 Å². The molecule has 0 heterocycles. The molecule has 4 rings (SSSR count). The number of hydrogen-bond acceptors (Lipinski definition) is 5. The van der Waals surface area contributed by atoms with Gasteiger partial charge in [0.25, 0.3) is 0 Å². The third-order valence-corrected chi connectivity index (χ3v) is 9.40. The number of ketones is 2. The Labute approximate surface area is 171 Å². The molecular formula is C21H31O7P. The van der Waals surface area contributed by atoms with Crippen LogP contribution in [0.2, 0.25) is 0 Å². The smallest absolute Gasteiger partial charge is 0.381 e. The van der Waals surface area contributed by atoms with Gasteiger partial charge in [-0.25, -0.2) is 4.57 Å². The van der Waals surface area contributed by atoms with Crippen molar-refractivity contribution in [3.63, 3.8) is 0 Å². The third-order valence-electron chi connectivity index (χ3n) is 8.94. The van der Waals surface area contributed by atoms with E-state index in [0.717, 1.165) is 32.1 Å². The van der Waals surface area contributed by atoms with Crippen LogP contribution in [0.5, 0.6) is 0 Å². The van der Waals surface area contributed by atoms with Gasteiger partial charge in [-0.3, -0.25) is 14.1 Å². The van der Waals surface area contributed by atoms with Gasteiger partial charge >= 0.3 is 7.82 Å². The van der Waals surface area contributed by atoms with Gasteiger partial charge in [-0.05, 0) is 74.2 Å². The number of phosphoric ester groups is 1. The molecular weight excluding hydrogens is 395 g/mol. The lowest BCUT2D eigenvalue weighted by molar-refractivity contribution is -0.164. The van der Waals surface area contributed by atoms with Crippen LogP contribution in [0, 0.1) is 28.6 Å². The molecule has 6 atom stereocenters. The molecule has 0 aromatic heterocycles. The summed E-state index contributed by atoms with van der Waals surface area (Å²) < 4.78 is 15.4. The molecule has 3 fully saturated rings. The molecule has 0 bridgehead atoms. The van der Waals surface area contributed by atoms with Crippen LogP contribution >= 0.6 is 7.82 Å². The molecule has 0 aromatic carbocycles. The number of Topliss-reactive ketones (excluding diaryl/α,β-unsaturated/α-hetero) is 1. The van der Waals surface area contributed by atoms with E-state index in [0.29, 0.717) is 31.1 Å². The molecule has 4 aliphatic rings. The van der Waals surface area contributed by atoms with E-state index in [2.05, 4.69) is 11.4 Å². The predicted molar refractivity (Wildman–Crippen MR) is 105 cm³/mol. The van der Waals surface area contributed by atoms with E-state index < -0.39 is 31.2 Å². The summed E-state index contributed by atoms with van der Waals surface area (Å²) >= 11 is 0. The molecule has 8 heteroatoms. The number of hydrogen-bond donors (Lipinski definition) is 3. The summed E-state index contributed by atoms with van der Waals surface area (Å²) in [6.45, 7) is 3.48. The number of fused-ring (bicyclic) bond motifs is 5. The average molecular weight is 426 g/mol. The molecule has 0 unspecified atom stereocenters. The highest BCUT2D eigenvalue weighted by molar-refractivity contribution is 7.46. The van der Waals surface area contributed by atoms with Crippen molar-refractivity contribution >= 4 is 19.4 Å². The Morgan fingerprint density at radius 2 is 1.83 bits per heavy atom. The number of phosphoric acid groups is 1. The van der Waals surface area contributed by atoms with E-state index in [1.165, 1.54) is 5.57 Å². The second-order valence-electron chi connectivity index (χ2n) is 10.0. The Morgan fingerprint density at radius 3 is 2.52 bits per heavy atom. The normalized spacial score (nSPS) is 44.5. The Kier molecular flexibility index (Phi) is 5.03. The molecule has 0 aliphatic heterocycles. The van der Waals surface area contributed by atoms with Crippen LogP contribution in [-0.2, 0) is 18.7 Å². The molecule has 0 spiro atoms. The van der Waals surface area contributed by atoms with E-state index in [4.69, 9.17) is 9.79 Å². The van der Waals surface area contributed by atoms with Crippen molar-refractivity contribution < 1.29 is 33.6 Å². The van der Waals surface area contributed by atoms with Crippen molar-refractivity contribution in [2.24, 2.45) is 28.6 Å². The average Bonchev–Trinajstić information content (AvgIpc) is 2.92. The molecule has 0 radical (unpaired) electrons. The fourth-order valence-corrected chi connectivity index (χ4v) is 7.58. The van der Waals surface area contributed by atoms with Gasteiger partial charge in [0.15, 0.2) is 11.6 Å². The first-order valence-electron chi connectivity index (χ1n) is 10.6. The minimum atomic E-state index is -4.77. The molecule has 7 nitrogen and oxygen atoms in total. The summed E-state index contributed by atoms with van der Waals surface area (Å²) in [6.07, 6.45) is 7.79. The first kappa shape index (κ1) is 21.4. The minimum Gasteiger partial charge on any atom is -0.381 e. The summed E-state index contributed by atoms with van der Waals surface area (Å²) in [5.41, 5.74) is -0.937. The Bertz CT molecular complexity index is 816. The second kappa shape index (κ2) is 6.83. The largest absolute Gasteiger partial charge is 0.470 e. The van der Waals surface area contributed by atoms with Crippen LogP contribution in [0.3, 0.4) is 0 Å². The van der Waals surface area contributed by atoms with Crippen LogP contribution in [0.4, 0.5) is 0 Å². The molecule has 0 aromatic rings. The highest BCUT2D eigenvalue weighted by Crippen LogP contribution is 2.67. The number of allylic oxidation sites excluding steroid dienone is 1. The maximum atomic E-state index is 12.8. The number of aliphatic hydroxyl groups is 1. The topological polar surface area (TPSA) is 121 Å². The number of rotatable bonds is 4. The highest BCUT2D eigenvalue weighted by Gasteiger charge is 2.66. The van der Waals surface area contributed by atoms with Crippen molar-refractivity contribution in [3.8, 4) is 0 Å². The quantitative estimate of drug-likeness (QED) is 0.591. The van der Waals surface area contributed by atoms with Crippen molar-refractivity contribution in [1.29, 1.82) is 0 Å². The van der Waals surface area contributed by atoms with E-state index >= 15 is 0 Å². The van der Waals surface area contributed by atoms with Gasteiger partial charge in [-0.1, -0.05) is 19.4 Å². The summed E-state index contributed by atoms with van der Waals surface area (Å²) in [5.74, 6) is 0.602. The molecule has 29 heavy (non-hydrogen) atoms. The Balaban J connectivity index is 1.59. The van der Waals surface area contributed by atoms with Crippen molar-refractivity contribution in [3.05, 3.63) is 11.6 Å². The lowest BCUT2D eigenvalue weighted by Crippen LogP contribution is -2.58. The van der Waals surface area contributed by atoms with E-state index in [-0.39, 0.29) is 17.1 Å². The van der Waals surface area contributed by atoms with Crippen LogP contribution < -0.4 is 0 Å². The summed E-state index contributed by atoms with van der Waals surface area (Å²) in [5, 5.41) is 11.4. The van der Waals surface area contributed by atoms with Crippen molar-refractivity contribution in [1.82, 2.24) is 0 Å².